The van der Waals surface area contributed by atoms with Crippen molar-refractivity contribution in [3.8, 4) is 0 Å². The van der Waals surface area contributed by atoms with Crippen LogP contribution >= 0.6 is 23.5 Å². The third-order valence-electron chi connectivity index (χ3n) is 0.927. The molecule has 1 aliphatic rings. The fourth-order valence-electron chi connectivity index (χ4n) is 0.510. The lowest BCUT2D eigenvalue weighted by atomic mass is 10.7. The molecule has 1 fully saturated rings. The Morgan fingerprint density at radius 1 is 1.78 bits per heavy atom. The summed E-state index contributed by atoms with van der Waals surface area (Å²) >= 11 is 6.47. The molecule has 1 saturated heterocycles. The maximum atomic E-state index is 10.4. The van der Waals surface area contributed by atoms with Crippen LogP contribution in [0.25, 0.3) is 0 Å². The van der Waals surface area contributed by atoms with Gasteiger partial charge in [0.2, 0.25) is 0 Å². The van der Waals surface area contributed by atoms with Crippen LogP contribution in [-0.4, -0.2) is 28.8 Å². The number of rotatable bonds is 0. The summed E-state index contributed by atoms with van der Waals surface area (Å²) in [5.41, 5.74) is 0. The lowest BCUT2D eigenvalue weighted by molar-refractivity contribution is 0.154. The number of hydrogen-bond donors (Lipinski definition) is 0. The highest BCUT2D eigenvalue weighted by molar-refractivity contribution is 7.97. The van der Waals surface area contributed by atoms with Gasteiger partial charge in [0.15, 0.2) is 0 Å². The molecule has 1 aliphatic heterocycles. The van der Waals surface area contributed by atoms with Crippen molar-refractivity contribution in [1.29, 1.82) is 0 Å². The van der Waals surface area contributed by atoms with E-state index in [2.05, 4.69) is 0 Å². The highest BCUT2D eigenvalue weighted by atomic mass is 35.5. The zero-order valence-electron chi connectivity index (χ0n) is 4.67. The second-order valence-corrected chi connectivity index (χ2v) is 2.77. The average Bonchev–Trinajstić information content (AvgIpc) is 1.90. The zero-order chi connectivity index (χ0) is 6.69. The first-order valence-corrected chi connectivity index (χ1v) is 3.80. The molecule has 1 amide bonds. The van der Waals surface area contributed by atoms with E-state index in [1.807, 2.05) is 0 Å². The predicted molar refractivity (Wildman–Crippen MR) is 36.4 cm³/mol. The maximum Gasteiger partial charge on any atom is 0.326 e. The van der Waals surface area contributed by atoms with Gasteiger partial charge in [-0.2, -0.15) is 0 Å². The molecule has 0 aromatic carbocycles. The molecule has 52 valence electrons. The summed E-state index contributed by atoms with van der Waals surface area (Å²) in [6.07, 6.45) is 0. The van der Waals surface area contributed by atoms with Gasteiger partial charge in [0.1, 0.15) is 5.94 Å². The molecule has 5 heteroatoms. The normalized spacial score (nSPS) is 19.9. The molecule has 3 nitrogen and oxygen atoms in total. The van der Waals surface area contributed by atoms with E-state index in [4.69, 9.17) is 16.3 Å². The van der Waals surface area contributed by atoms with Crippen molar-refractivity contribution in [3.63, 3.8) is 0 Å². The third-order valence-corrected chi connectivity index (χ3v) is 2.16. The van der Waals surface area contributed by atoms with Crippen LogP contribution in [0.1, 0.15) is 0 Å². The highest BCUT2D eigenvalue weighted by Crippen LogP contribution is 2.16. The van der Waals surface area contributed by atoms with E-state index in [9.17, 15) is 4.79 Å². The molecule has 0 aliphatic carbocycles. The summed E-state index contributed by atoms with van der Waals surface area (Å²) in [4.78, 5) is 10.4. The van der Waals surface area contributed by atoms with Crippen molar-refractivity contribution >= 4 is 28.9 Å². The van der Waals surface area contributed by atoms with Gasteiger partial charge in [-0.1, -0.05) is 0 Å². The molecule has 1 rings (SSSR count). The second kappa shape index (κ2) is 3.29. The minimum Gasteiger partial charge on any atom is -0.367 e. The Hall–Kier alpha value is 0.0700. The number of nitrogens with zero attached hydrogens (tertiary/aromatic N) is 1. The minimum atomic E-state index is -0.414. The Morgan fingerprint density at radius 3 is 2.89 bits per heavy atom. The van der Waals surface area contributed by atoms with E-state index in [1.165, 1.54) is 16.3 Å². The Bertz CT molecular complexity index is 115. The lowest BCUT2D eigenvalue weighted by Crippen LogP contribution is -2.28. The summed E-state index contributed by atoms with van der Waals surface area (Å²) in [6, 6.07) is 0. The zero-order valence-corrected chi connectivity index (χ0v) is 6.24. The van der Waals surface area contributed by atoms with Gasteiger partial charge >= 0.3 is 5.37 Å². The summed E-state index contributed by atoms with van der Waals surface area (Å²) in [5, 5.41) is -0.414. The molecular weight excluding hydrogens is 162 g/mol. The summed E-state index contributed by atoms with van der Waals surface area (Å²) < 4.78 is 6.44. The third kappa shape index (κ3) is 2.04. The standard InChI is InChI=1S/C4H6ClNO2S/c5-4(7)6-1-2-8-3-9-6/h1-3H2. The van der Waals surface area contributed by atoms with Crippen molar-refractivity contribution < 1.29 is 9.53 Å². The number of carbonyl (C=O) groups excluding carboxylic acids is 1. The van der Waals surface area contributed by atoms with Gasteiger partial charge < -0.3 is 4.74 Å². The van der Waals surface area contributed by atoms with Gasteiger partial charge in [0.05, 0.1) is 13.2 Å². The van der Waals surface area contributed by atoms with E-state index in [-0.39, 0.29) is 0 Å². The molecule has 0 unspecified atom stereocenters. The van der Waals surface area contributed by atoms with Crippen LogP contribution in [0.2, 0.25) is 0 Å². The van der Waals surface area contributed by atoms with Gasteiger partial charge in [-0.25, -0.2) is 0 Å². The van der Waals surface area contributed by atoms with Gasteiger partial charge in [0.25, 0.3) is 0 Å². The molecule has 0 N–H and O–H groups in total. The average molecular weight is 168 g/mol. The Labute approximate surface area is 62.4 Å². The van der Waals surface area contributed by atoms with E-state index in [1.54, 1.807) is 0 Å². The van der Waals surface area contributed by atoms with Gasteiger partial charge in [-0.15, -0.1) is 0 Å². The van der Waals surface area contributed by atoms with E-state index in [0.717, 1.165) is 0 Å². The molecule has 0 radical (unpaired) electrons. The Morgan fingerprint density at radius 2 is 2.56 bits per heavy atom. The van der Waals surface area contributed by atoms with Crippen molar-refractivity contribution in [3.05, 3.63) is 0 Å². The lowest BCUT2D eigenvalue weighted by Gasteiger charge is -2.22. The summed E-state index contributed by atoms with van der Waals surface area (Å²) in [5.74, 6) is 0.526. The molecule has 9 heavy (non-hydrogen) atoms. The van der Waals surface area contributed by atoms with Crippen molar-refractivity contribution in [1.82, 2.24) is 4.31 Å². The monoisotopic (exact) mass is 167 g/mol. The van der Waals surface area contributed by atoms with Crippen LogP contribution in [-0.2, 0) is 4.74 Å². The number of hydrogen-bond acceptors (Lipinski definition) is 3. The van der Waals surface area contributed by atoms with Gasteiger partial charge in [-0.05, 0) is 23.5 Å². The molecule has 0 saturated carbocycles. The maximum absolute atomic E-state index is 10.4. The number of amides is 1. The summed E-state index contributed by atoms with van der Waals surface area (Å²) in [6.45, 7) is 1.18. The molecule has 0 atom stereocenters. The van der Waals surface area contributed by atoms with Crippen LogP contribution in [0, 0.1) is 0 Å². The first kappa shape index (κ1) is 7.18. The van der Waals surface area contributed by atoms with Crippen molar-refractivity contribution in [2.75, 3.05) is 19.1 Å². The van der Waals surface area contributed by atoms with Crippen LogP contribution < -0.4 is 0 Å². The van der Waals surface area contributed by atoms with Crippen molar-refractivity contribution in [2.45, 2.75) is 0 Å². The van der Waals surface area contributed by atoms with Crippen LogP contribution in [0.5, 0.6) is 0 Å². The second-order valence-electron chi connectivity index (χ2n) is 1.51. The van der Waals surface area contributed by atoms with E-state index in [0.29, 0.717) is 19.1 Å². The topological polar surface area (TPSA) is 29.5 Å². The van der Waals surface area contributed by atoms with E-state index < -0.39 is 5.37 Å². The van der Waals surface area contributed by atoms with Crippen LogP contribution in [0.3, 0.4) is 0 Å². The number of carbonyl (C=O) groups is 1. The number of ether oxygens (including phenoxy) is 1. The van der Waals surface area contributed by atoms with Crippen LogP contribution in [0.4, 0.5) is 4.79 Å². The molecular formula is C4H6ClNO2S. The quantitative estimate of drug-likeness (QED) is 0.309. The van der Waals surface area contributed by atoms with Gasteiger partial charge in [0, 0.05) is 0 Å². The summed E-state index contributed by atoms with van der Waals surface area (Å²) in [7, 11) is 0. The molecule has 1 heterocycles. The first-order valence-electron chi connectivity index (χ1n) is 2.48. The molecule has 0 spiro atoms. The fourth-order valence-corrected chi connectivity index (χ4v) is 1.37. The molecule has 0 bridgehead atoms. The van der Waals surface area contributed by atoms with Crippen molar-refractivity contribution in [2.24, 2.45) is 0 Å². The largest absolute Gasteiger partial charge is 0.367 e. The minimum absolute atomic E-state index is 0.414. The first-order chi connectivity index (χ1) is 4.30. The molecule has 0 aromatic rings. The van der Waals surface area contributed by atoms with Gasteiger partial charge in [-0.3, -0.25) is 9.10 Å². The van der Waals surface area contributed by atoms with E-state index >= 15 is 0 Å². The SMILES string of the molecule is O=C(Cl)N1CCOCS1. The molecule has 0 aromatic heterocycles. The smallest absolute Gasteiger partial charge is 0.326 e. The fraction of sp³-hybridized carbons (Fsp3) is 0.750. The predicted octanol–water partition coefficient (Wildman–Crippen LogP) is 1.28. The Balaban J connectivity index is 2.31. The number of halogens is 1. The van der Waals surface area contributed by atoms with Crippen LogP contribution in [0.15, 0.2) is 0 Å². The Kier molecular flexibility index (Phi) is 2.63. The highest BCUT2D eigenvalue weighted by Gasteiger charge is 2.14.